The summed E-state index contributed by atoms with van der Waals surface area (Å²) in [7, 11) is 0. The highest BCUT2D eigenvalue weighted by Gasteiger charge is 2.22. The van der Waals surface area contributed by atoms with Gasteiger partial charge in [-0.15, -0.1) is 0 Å². The Labute approximate surface area is 201 Å². The number of carbonyl (C=O) groups excluding carboxylic acids is 1. The number of nitrogens with zero attached hydrogens (tertiary/aromatic N) is 5. The average molecular weight is 475 g/mol. The van der Waals surface area contributed by atoms with Gasteiger partial charge < -0.3 is 9.88 Å². The molecule has 0 atom stereocenters. The number of fused-ring (bicyclic) bond motifs is 1. The standard InChI is InChI=1S/C26H27FN6O2/c1-18-24-23(25(31-14-5-6-15-31)33(30-24)21-11-7-10-20(27)16-21)26(35)32(29-18)17-22(34)28-13-12-19-8-3-2-4-9-19/h5-8,10-11,14-16H,2-4,9,12-13,17H2,1H3,(H,28,34). The van der Waals surface area contributed by atoms with Crippen LogP contribution in [0.1, 0.15) is 37.8 Å². The van der Waals surface area contributed by atoms with E-state index in [0.717, 1.165) is 19.3 Å². The van der Waals surface area contributed by atoms with Crippen LogP contribution >= 0.6 is 0 Å². The molecular formula is C26H27FN6O2. The molecule has 1 aliphatic rings. The molecule has 180 valence electrons. The fourth-order valence-corrected chi connectivity index (χ4v) is 4.56. The Bertz CT molecular complexity index is 1470. The average Bonchev–Trinajstić information content (AvgIpc) is 3.51. The summed E-state index contributed by atoms with van der Waals surface area (Å²) in [4.78, 5) is 26.2. The van der Waals surface area contributed by atoms with Gasteiger partial charge in [0.2, 0.25) is 5.91 Å². The molecule has 35 heavy (non-hydrogen) atoms. The van der Waals surface area contributed by atoms with Gasteiger partial charge in [-0.05, 0) is 69.4 Å². The molecule has 1 aliphatic carbocycles. The maximum atomic E-state index is 14.0. The van der Waals surface area contributed by atoms with Gasteiger partial charge in [0.05, 0.1) is 11.4 Å². The molecular weight excluding hydrogens is 447 g/mol. The maximum absolute atomic E-state index is 14.0. The third kappa shape index (κ3) is 4.66. The summed E-state index contributed by atoms with van der Waals surface area (Å²) in [6.07, 6.45) is 11.3. The lowest BCUT2D eigenvalue weighted by atomic mass is 9.97. The van der Waals surface area contributed by atoms with Crippen LogP contribution in [0, 0.1) is 12.7 Å². The molecule has 8 nitrogen and oxygen atoms in total. The molecule has 0 fully saturated rings. The van der Waals surface area contributed by atoms with Gasteiger partial charge >= 0.3 is 0 Å². The minimum Gasteiger partial charge on any atom is -0.354 e. The van der Waals surface area contributed by atoms with E-state index in [1.165, 1.54) is 39.9 Å². The summed E-state index contributed by atoms with van der Waals surface area (Å²) in [5, 5.41) is 12.2. The molecule has 1 N–H and O–H groups in total. The minimum atomic E-state index is -0.429. The third-order valence-corrected chi connectivity index (χ3v) is 6.27. The zero-order valence-corrected chi connectivity index (χ0v) is 19.6. The Balaban J connectivity index is 1.49. The Morgan fingerprint density at radius 3 is 2.71 bits per heavy atom. The molecule has 4 aromatic rings. The normalized spacial score (nSPS) is 13.7. The summed E-state index contributed by atoms with van der Waals surface area (Å²) in [5.41, 5.74) is 2.34. The van der Waals surface area contributed by atoms with E-state index in [-0.39, 0.29) is 12.5 Å². The number of aryl methyl sites for hydroxylation is 1. The van der Waals surface area contributed by atoms with Gasteiger partial charge in [-0.3, -0.25) is 9.59 Å². The molecule has 0 bridgehead atoms. The number of nitrogens with one attached hydrogen (secondary N) is 1. The van der Waals surface area contributed by atoms with Gasteiger partial charge in [-0.25, -0.2) is 13.8 Å². The van der Waals surface area contributed by atoms with Gasteiger partial charge in [0.15, 0.2) is 5.82 Å². The minimum absolute atomic E-state index is 0.190. The molecule has 0 aliphatic heterocycles. The number of halogens is 1. The zero-order chi connectivity index (χ0) is 24.4. The van der Waals surface area contributed by atoms with Crippen LogP contribution in [0.5, 0.6) is 0 Å². The number of carbonyl (C=O) groups is 1. The quantitative estimate of drug-likeness (QED) is 0.413. The topological polar surface area (TPSA) is 86.7 Å². The van der Waals surface area contributed by atoms with Gasteiger partial charge in [0.25, 0.3) is 5.56 Å². The van der Waals surface area contributed by atoms with Crippen LogP contribution in [0.3, 0.4) is 0 Å². The van der Waals surface area contributed by atoms with Crippen LogP contribution in [-0.2, 0) is 11.3 Å². The SMILES string of the molecule is Cc1nn(CC(=O)NCCC2=CCCCC2)c(=O)c2c(-n3cccc3)n(-c3cccc(F)c3)nc12. The Hall–Kier alpha value is -4.01. The van der Waals surface area contributed by atoms with Gasteiger partial charge in [-0.1, -0.05) is 17.7 Å². The maximum Gasteiger partial charge on any atom is 0.280 e. The number of hydrogen-bond acceptors (Lipinski definition) is 4. The molecule has 3 aromatic heterocycles. The molecule has 0 saturated heterocycles. The highest BCUT2D eigenvalue weighted by molar-refractivity contribution is 5.88. The van der Waals surface area contributed by atoms with Crippen molar-refractivity contribution in [3.63, 3.8) is 0 Å². The first-order valence-electron chi connectivity index (χ1n) is 11.9. The highest BCUT2D eigenvalue weighted by Crippen LogP contribution is 2.25. The fourth-order valence-electron chi connectivity index (χ4n) is 4.56. The first-order valence-corrected chi connectivity index (χ1v) is 11.9. The number of amides is 1. The number of rotatable bonds is 7. The van der Waals surface area contributed by atoms with E-state index in [2.05, 4.69) is 21.6 Å². The predicted molar refractivity (Wildman–Crippen MR) is 131 cm³/mol. The Morgan fingerprint density at radius 1 is 1.14 bits per heavy atom. The second kappa shape index (κ2) is 9.69. The van der Waals surface area contributed by atoms with E-state index in [4.69, 9.17) is 0 Å². The Morgan fingerprint density at radius 2 is 1.97 bits per heavy atom. The zero-order valence-electron chi connectivity index (χ0n) is 19.6. The van der Waals surface area contributed by atoms with Crippen LogP contribution in [0.2, 0.25) is 0 Å². The van der Waals surface area contributed by atoms with Crippen molar-refractivity contribution in [2.75, 3.05) is 6.54 Å². The van der Waals surface area contributed by atoms with E-state index < -0.39 is 11.4 Å². The van der Waals surface area contributed by atoms with Crippen molar-refractivity contribution < 1.29 is 9.18 Å². The summed E-state index contributed by atoms with van der Waals surface area (Å²) < 4.78 is 18.5. The van der Waals surface area contributed by atoms with Crippen molar-refractivity contribution in [3.8, 4) is 11.5 Å². The number of aromatic nitrogens is 5. The predicted octanol–water partition coefficient (Wildman–Crippen LogP) is 3.83. The van der Waals surface area contributed by atoms with Crippen molar-refractivity contribution in [3.05, 3.63) is 82.3 Å². The van der Waals surface area contributed by atoms with Gasteiger partial charge in [-0.2, -0.15) is 10.2 Å². The first-order chi connectivity index (χ1) is 17.0. The third-order valence-electron chi connectivity index (χ3n) is 6.27. The van der Waals surface area contributed by atoms with Crippen molar-refractivity contribution in [2.45, 2.75) is 45.6 Å². The van der Waals surface area contributed by atoms with E-state index in [1.54, 1.807) is 36.0 Å². The van der Waals surface area contributed by atoms with Crippen LogP contribution in [-0.4, -0.2) is 36.6 Å². The van der Waals surface area contributed by atoms with Crippen LogP contribution in [0.4, 0.5) is 4.39 Å². The molecule has 1 aromatic carbocycles. The molecule has 1 amide bonds. The number of benzene rings is 1. The summed E-state index contributed by atoms with van der Waals surface area (Å²) >= 11 is 0. The van der Waals surface area contributed by atoms with E-state index in [0.29, 0.717) is 34.6 Å². The fraction of sp³-hybridized carbons (Fsp3) is 0.308. The molecule has 0 unspecified atom stereocenters. The summed E-state index contributed by atoms with van der Waals surface area (Å²) in [5.74, 6) is -0.215. The second-order valence-corrected chi connectivity index (χ2v) is 8.79. The molecule has 3 heterocycles. The van der Waals surface area contributed by atoms with E-state index in [1.807, 2.05) is 12.1 Å². The van der Waals surface area contributed by atoms with Crippen molar-refractivity contribution in [1.29, 1.82) is 0 Å². The largest absolute Gasteiger partial charge is 0.354 e. The van der Waals surface area contributed by atoms with Crippen molar-refractivity contribution in [1.82, 2.24) is 29.4 Å². The number of hydrogen-bond donors (Lipinski definition) is 1. The summed E-state index contributed by atoms with van der Waals surface area (Å²) in [6.45, 7) is 2.09. The van der Waals surface area contributed by atoms with E-state index >= 15 is 0 Å². The molecule has 0 saturated carbocycles. The molecule has 0 spiro atoms. The van der Waals surface area contributed by atoms with Crippen LogP contribution < -0.4 is 10.9 Å². The number of allylic oxidation sites excluding steroid dienone is 1. The van der Waals surface area contributed by atoms with Gasteiger partial charge in [0.1, 0.15) is 23.3 Å². The van der Waals surface area contributed by atoms with Crippen LogP contribution in [0.15, 0.2) is 65.2 Å². The van der Waals surface area contributed by atoms with Crippen molar-refractivity contribution in [2.24, 2.45) is 0 Å². The Kier molecular flexibility index (Phi) is 6.31. The van der Waals surface area contributed by atoms with Gasteiger partial charge in [0, 0.05) is 18.9 Å². The smallest absolute Gasteiger partial charge is 0.280 e. The second-order valence-electron chi connectivity index (χ2n) is 8.79. The summed E-state index contributed by atoms with van der Waals surface area (Å²) in [6, 6.07) is 9.68. The van der Waals surface area contributed by atoms with Crippen LogP contribution in [0.25, 0.3) is 22.4 Å². The lowest BCUT2D eigenvalue weighted by Crippen LogP contribution is -2.34. The highest BCUT2D eigenvalue weighted by atomic mass is 19.1. The molecule has 5 rings (SSSR count). The lowest BCUT2D eigenvalue weighted by molar-refractivity contribution is -0.121. The molecule has 0 radical (unpaired) electrons. The lowest BCUT2D eigenvalue weighted by Gasteiger charge is -2.13. The monoisotopic (exact) mass is 474 g/mol. The van der Waals surface area contributed by atoms with Crippen molar-refractivity contribution >= 4 is 16.8 Å². The van der Waals surface area contributed by atoms with E-state index in [9.17, 15) is 14.0 Å². The molecule has 9 heteroatoms. The first kappa shape index (κ1) is 22.8.